The Hall–Kier alpha value is 0.230. The summed E-state index contributed by atoms with van der Waals surface area (Å²) in [5.41, 5.74) is 0. The molecule has 0 aromatic carbocycles. The third kappa shape index (κ3) is 2.72. The maximum Gasteiger partial charge on any atom is 0.0352 e. The van der Waals surface area contributed by atoms with Crippen LogP contribution in [0.25, 0.3) is 0 Å². The van der Waals surface area contributed by atoms with E-state index in [4.69, 9.17) is 0 Å². The average molecular weight is 269 g/mol. The zero-order valence-corrected chi connectivity index (χ0v) is 12.4. The van der Waals surface area contributed by atoms with Gasteiger partial charge in [0.25, 0.3) is 0 Å². The van der Waals surface area contributed by atoms with Gasteiger partial charge in [-0.05, 0) is 38.6 Å². The van der Waals surface area contributed by atoms with Crippen LogP contribution in [0.4, 0.5) is 0 Å². The average Bonchev–Trinajstić information content (AvgIpc) is 3.08. The first kappa shape index (κ1) is 13.2. The van der Waals surface area contributed by atoms with Crippen LogP contribution in [0.1, 0.15) is 25.7 Å². The van der Waals surface area contributed by atoms with Crippen molar-refractivity contribution >= 4 is 11.8 Å². The van der Waals surface area contributed by atoms with Gasteiger partial charge in [-0.1, -0.05) is 6.42 Å². The summed E-state index contributed by atoms with van der Waals surface area (Å²) in [6, 6.07) is 1.64. The highest BCUT2D eigenvalue weighted by Gasteiger charge is 2.37. The van der Waals surface area contributed by atoms with Crippen LogP contribution in [0.2, 0.25) is 0 Å². The topological polar surface area (TPSA) is 18.5 Å². The quantitative estimate of drug-likeness (QED) is 0.831. The largest absolute Gasteiger partial charge is 0.314 e. The summed E-state index contributed by atoms with van der Waals surface area (Å²) >= 11 is 2.05. The van der Waals surface area contributed by atoms with E-state index in [1.54, 1.807) is 0 Å². The summed E-state index contributed by atoms with van der Waals surface area (Å²) in [7, 11) is 0. The van der Waals surface area contributed by atoms with Gasteiger partial charge in [-0.25, -0.2) is 0 Å². The maximum atomic E-state index is 3.57. The van der Waals surface area contributed by atoms with Crippen LogP contribution >= 0.6 is 11.8 Å². The molecular formula is C14H27N3S. The molecule has 3 saturated heterocycles. The molecule has 104 valence electrons. The lowest BCUT2D eigenvalue weighted by atomic mass is 10.1. The molecule has 4 heteroatoms. The maximum absolute atomic E-state index is 3.57. The van der Waals surface area contributed by atoms with Gasteiger partial charge >= 0.3 is 0 Å². The monoisotopic (exact) mass is 269 g/mol. The Morgan fingerprint density at radius 3 is 2.61 bits per heavy atom. The summed E-state index contributed by atoms with van der Waals surface area (Å²) < 4.78 is 0. The van der Waals surface area contributed by atoms with Gasteiger partial charge in [0, 0.05) is 43.5 Å². The van der Waals surface area contributed by atoms with E-state index < -0.39 is 0 Å². The molecule has 0 aromatic heterocycles. The Morgan fingerprint density at radius 1 is 1.00 bits per heavy atom. The van der Waals surface area contributed by atoms with Crippen molar-refractivity contribution in [2.45, 2.75) is 43.0 Å². The molecule has 0 aliphatic carbocycles. The fourth-order valence-electron chi connectivity index (χ4n) is 3.90. The molecule has 3 atom stereocenters. The standard InChI is InChI=1S/C14H27N3S/c1-18-14-10-15-9-13(14)17-8-5-12(11-17)16-6-3-2-4-7-16/h12-15H,2-11H2,1H3. The lowest BCUT2D eigenvalue weighted by Crippen LogP contribution is -2.45. The molecule has 3 rings (SSSR count). The Labute approximate surface area is 116 Å². The summed E-state index contributed by atoms with van der Waals surface area (Å²) in [5.74, 6) is 0. The van der Waals surface area contributed by atoms with Gasteiger partial charge in [0.15, 0.2) is 0 Å². The van der Waals surface area contributed by atoms with E-state index in [-0.39, 0.29) is 0 Å². The van der Waals surface area contributed by atoms with Gasteiger partial charge in [-0.15, -0.1) is 0 Å². The van der Waals surface area contributed by atoms with Crippen molar-refractivity contribution in [1.82, 2.24) is 15.1 Å². The lowest BCUT2D eigenvalue weighted by molar-refractivity contribution is 0.155. The van der Waals surface area contributed by atoms with Crippen molar-refractivity contribution in [3.63, 3.8) is 0 Å². The number of nitrogens with zero attached hydrogens (tertiary/aromatic N) is 2. The Morgan fingerprint density at radius 2 is 1.83 bits per heavy atom. The molecule has 0 saturated carbocycles. The number of rotatable bonds is 3. The molecule has 3 nitrogen and oxygen atoms in total. The molecule has 3 heterocycles. The Bertz CT molecular complexity index is 268. The molecule has 0 spiro atoms. The highest BCUT2D eigenvalue weighted by molar-refractivity contribution is 7.99. The minimum Gasteiger partial charge on any atom is -0.314 e. The highest BCUT2D eigenvalue weighted by atomic mass is 32.2. The Kier molecular flexibility index (Phi) is 4.50. The number of hydrogen-bond donors (Lipinski definition) is 1. The molecule has 0 radical (unpaired) electrons. The zero-order valence-electron chi connectivity index (χ0n) is 11.6. The predicted molar refractivity (Wildman–Crippen MR) is 79.4 cm³/mol. The highest BCUT2D eigenvalue weighted by Crippen LogP contribution is 2.26. The molecular weight excluding hydrogens is 242 g/mol. The van der Waals surface area contributed by atoms with Gasteiger partial charge in [0.1, 0.15) is 0 Å². The summed E-state index contributed by atoms with van der Waals surface area (Å²) in [6.45, 7) is 7.77. The first-order valence-corrected chi connectivity index (χ1v) is 8.89. The van der Waals surface area contributed by atoms with E-state index in [2.05, 4.69) is 21.4 Å². The van der Waals surface area contributed by atoms with Crippen LogP contribution in [0, 0.1) is 0 Å². The summed E-state index contributed by atoms with van der Waals surface area (Å²) in [5, 5.41) is 4.38. The lowest BCUT2D eigenvalue weighted by Gasteiger charge is -2.33. The van der Waals surface area contributed by atoms with Crippen LogP contribution in [0.5, 0.6) is 0 Å². The molecule has 3 aliphatic heterocycles. The van der Waals surface area contributed by atoms with Crippen LogP contribution in [-0.2, 0) is 0 Å². The SMILES string of the molecule is CSC1CNCC1N1CCC(N2CCCCC2)C1. The van der Waals surface area contributed by atoms with E-state index >= 15 is 0 Å². The van der Waals surface area contributed by atoms with Crippen LogP contribution in [-0.4, -0.2) is 72.7 Å². The van der Waals surface area contributed by atoms with Gasteiger partial charge < -0.3 is 5.32 Å². The van der Waals surface area contributed by atoms with Gasteiger partial charge in [-0.2, -0.15) is 11.8 Å². The van der Waals surface area contributed by atoms with E-state index in [0.717, 1.165) is 17.3 Å². The van der Waals surface area contributed by atoms with E-state index in [0.29, 0.717) is 0 Å². The van der Waals surface area contributed by atoms with Crippen molar-refractivity contribution < 1.29 is 0 Å². The van der Waals surface area contributed by atoms with E-state index in [1.165, 1.54) is 65.0 Å². The molecule has 1 N–H and O–H groups in total. The molecule has 0 aromatic rings. The smallest absolute Gasteiger partial charge is 0.0352 e. The van der Waals surface area contributed by atoms with Gasteiger partial charge in [0.05, 0.1) is 0 Å². The zero-order chi connectivity index (χ0) is 12.4. The number of thioether (sulfide) groups is 1. The normalized spacial score (nSPS) is 39.5. The van der Waals surface area contributed by atoms with Gasteiger partial charge in [-0.3, -0.25) is 9.80 Å². The fourth-order valence-corrected chi connectivity index (χ4v) is 4.76. The van der Waals surface area contributed by atoms with Crippen molar-refractivity contribution in [1.29, 1.82) is 0 Å². The molecule has 0 bridgehead atoms. The van der Waals surface area contributed by atoms with Crippen molar-refractivity contribution in [2.75, 3.05) is 45.5 Å². The van der Waals surface area contributed by atoms with Crippen molar-refractivity contribution in [2.24, 2.45) is 0 Å². The van der Waals surface area contributed by atoms with Crippen molar-refractivity contribution in [3.8, 4) is 0 Å². The fraction of sp³-hybridized carbons (Fsp3) is 1.00. The molecule has 3 unspecified atom stereocenters. The molecule has 0 amide bonds. The second-order valence-electron chi connectivity index (χ2n) is 6.03. The third-order valence-electron chi connectivity index (χ3n) is 5.00. The van der Waals surface area contributed by atoms with Gasteiger partial charge in [0.2, 0.25) is 0 Å². The van der Waals surface area contributed by atoms with Crippen LogP contribution in [0.15, 0.2) is 0 Å². The molecule has 3 fully saturated rings. The van der Waals surface area contributed by atoms with Crippen LogP contribution < -0.4 is 5.32 Å². The second kappa shape index (κ2) is 6.12. The minimum atomic E-state index is 0.787. The summed E-state index contributed by atoms with van der Waals surface area (Å²) in [4.78, 5) is 5.53. The number of hydrogen-bond acceptors (Lipinski definition) is 4. The first-order chi connectivity index (χ1) is 8.88. The Balaban J connectivity index is 1.54. The van der Waals surface area contributed by atoms with Crippen LogP contribution in [0.3, 0.4) is 0 Å². The predicted octanol–water partition coefficient (Wildman–Crippen LogP) is 1.25. The minimum absolute atomic E-state index is 0.787. The van der Waals surface area contributed by atoms with E-state index in [1.807, 2.05) is 11.8 Å². The van der Waals surface area contributed by atoms with E-state index in [9.17, 15) is 0 Å². The van der Waals surface area contributed by atoms with Crippen molar-refractivity contribution in [3.05, 3.63) is 0 Å². The number of piperidine rings is 1. The summed E-state index contributed by atoms with van der Waals surface area (Å²) in [6.07, 6.45) is 7.97. The number of likely N-dealkylation sites (tertiary alicyclic amines) is 2. The molecule has 18 heavy (non-hydrogen) atoms. The first-order valence-electron chi connectivity index (χ1n) is 7.60. The number of nitrogens with one attached hydrogen (secondary N) is 1. The molecule has 3 aliphatic rings. The third-order valence-corrected chi connectivity index (χ3v) is 6.09. The second-order valence-corrected chi connectivity index (χ2v) is 7.11.